The number of benzene rings is 3. The van der Waals surface area contributed by atoms with E-state index in [0.29, 0.717) is 35.8 Å². The molecule has 1 fully saturated rings. The first kappa shape index (κ1) is 22.5. The van der Waals surface area contributed by atoms with Crippen molar-refractivity contribution in [2.75, 3.05) is 23.6 Å². The lowest BCUT2D eigenvalue weighted by Gasteiger charge is -2.19. The molecule has 8 nitrogen and oxygen atoms in total. The fraction of sp³-hybridized carbons (Fsp3) is 0.222. The van der Waals surface area contributed by atoms with Crippen molar-refractivity contribution in [3.63, 3.8) is 0 Å². The summed E-state index contributed by atoms with van der Waals surface area (Å²) in [5, 5.41) is 5.74. The van der Waals surface area contributed by atoms with Gasteiger partial charge in [0.25, 0.3) is 5.91 Å². The maximum absolute atomic E-state index is 13.0. The first-order chi connectivity index (χ1) is 17.0. The average Bonchev–Trinajstić information content (AvgIpc) is 3.49. The summed E-state index contributed by atoms with van der Waals surface area (Å²) < 4.78 is 10.7. The monoisotopic (exact) mass is 471 g/mol. The molecule has 3 aromatic rings. The standard InChI is InChI=1S/C27H25N3O5/c1-17-6-2-5-9-22(17)30-15-19(13-25(30)31)26(32)29-21-8-4-3-7-20(21)27(33)28-14-18-10-11-23-24(12-18)35-16-34-23/h2-12,19H,13-16H2,1H3,(H,28,33)(H,29,32)/t19-/m1/s1. The SMILES string of the molecule is Cc1ccccc1N1C[C@H](C(=O)Nc2ccccc2C(=O)NCc2ccc3c(c2)OCO3)CC1=O. The molecule has 8 heteroatoms. The number of carbonyl (C=O) groups is 3. The summed E-state index contributed by atoms with van der Waals surface area (Å²) in [6, 6.07) is 19.9. The van der Waals surface area contributed by atoms with E-state index in [0.717, 1.165) is 16.8 Å². The molecular weight excluding hydrogens is 446 g/mol. The molecule has 178 valence electrons. The van der Waals surface area contributed by atoms with Crippen LogP contribution in [0.25, 0.3) is 0 Å². The molecule has 2 aliphatic rings. The van der Waals surface area contributed by atoms with Crippen LogP contribution >= 0.6 is 0 Å². The van der Waals surface area contributed by atoms with E-state index in [1.54, 1.807) is 35.2 Å². The highest BCUT2D eigenvalue weighted by atomic mass is 16.7. The molecule has 0 saturated carbocycles. The Morgan fingerprint density at radius 3 is 2.63 bits per heavy atom. The van der Waals surface area contributed by atoms with Gasteiger partial charge in [0.05, 0.1) is 17.2 Å². The number of fused-ring (bicyclic) bond motifs is 1. The summed E-state index contributed by atoms with van der Waals surface area (Å²) in [6.07, 6.45) is 0.124. The molecule has 0 aromatic heterocycles. The second-order valence-electron chi connectivity index (χ2n) is 8.60. The van der Waals surface area contributed by atoms with Gasteiger partial charge in [-0.05, 0) is 48.4 Å². The Morgan fingerprint density at radius 2 is 1.77 bits per heavy atom. The number of hydrogen-bond donors (Lipinski definition) is 2. The van der Waals surface area contributed by atoms with Crippen molar-refractivity contribution in [3.05, 3.63) is 83.4 Å². The minimum atomic E-state index is -0.508. The van der Waals surface area contributed by atoms with Crippen molar-refractivity contribution in [3.8, 4) is 11.5 Å². The predicted octanol–water partition coefficient (Wildman–Crippen LogP) is 3.65. The Labute approximate surface area is 202 Å². The normalized spacial score (nSPS) is 16.3. The van der Waals surface area contributed by atoms with Crippen LogP contribution in [-0.2, 0) is 16.1 Å². The van der Waals surface area contributed by atoms with Crippen molar-refractivity contribution in [1.82, 2.24) is 5.32 Å². The van der Waals surface area contributed by atoms with Crippen LogP contribution in [0.2, 0.25) is 0 Å². The largest absolute Gasteiger partial charge is 0.454 e. The van der Waals surface area contributed by atoms with Gasteiger partial charge in [-0.25, -0.2) is 0 Å². The Kier molecular flexibility index (Phi) is 6.10. The van der Waals surface area contributed by atoms with Gasteiger partial charge in [-0.2, -0.15) is 0 Å². The zero-order valence-electron chi connectivity index (χ0n) is 19.2. The van der Waals surface area contributed by atoms with Crippen LogP contribution in [0.15, 0.2) is 66.7 Å². The van der Waals surface area contributed by atoms with Crippen LogP contribution in [0.4, 0.5) is 11.4 Å². The smallest absolute Gasteiger partial charge is 0.253 e. The molecule has 35 heavy (non-hydrogen) atoms. The van der Waals surface area contributed by atoms with E-state index in [2.05, 4.69) is 10.6 Å². The predicted molar refractivity (Wildman–Crippen MR) is 130 cm³/mol. The minimum absolute atomic E-state index is 0.0887. The van der Waals surface area contributed by atoms with Gasteiger partial charge in [0.1, 0.15) is 0 Å². The van der Waals surface area contributed by atoms with Crippen LogP contribution in [-0.4, -0.2) is 31.1 Å². The first-order valence-corrected chi connectivity index (χ1v) is 11.4. The number of rotatable bonds is 6. The van der Waals surface area contributed by atoms with Crippen LogP contribution in [0, 0.1) is 12.8 Å². The van der Waals surface area contributed by atoms with E-state index in [1.807, 2.05) is 43.3 Å². The third kappa shape index (κ3) is 4.68. The molecule has 0 unspecified atom stereocenters. The van der Waals surface area contributed by atoms with E-state index >= 15 is 0 Å². The highest BCUT2D eigenvalue weighted by molar-refractivity contribution is 6.07. The summed E-state index contributed by atoms with van der Waals surface area (Å²) in [6.45, 7) is 2.72. The molecule has 1 atom stereocenters. The highest BCUT2D eigenvalue weighted by Gasteiger charge is 2.36. The number of ether oxygens (including phenoxy) is 2. The molecule has 0 aliphatic carbocycles. The Hall–Kier alpha value is -4.33. The molecule has 3 amide bonds. The first-order valence-electron chi connectivity index (χ1n) is 11.4. The molecule has 0 bridgehead atoms. The van der Waals surface area contributed by atoms with E-state index in [9.17, 15) is 14.4 Å². The van der Waals surface area contributed by atoms with Gasteiger partial charge in [0.2, 0.25) is 18.6 Å². The summed E-state index contributed by atoms with van der Waals surface area (Å²) >= 11 is 0. The second kappa shape index (κ2) is 9.50. The van der Waals surface area contributed by atoms with Crippen LogP contribution in [0.5, 0.6) is 11.5 Å². The topological polar surface area (TPSA) is 97.0 Å². The summed E-state index contributed by atoms with van der Waals surface area (Å²) in [4.78, 5) is 40.2. The number of aryl methyl sites for hydroxylation is 1. The van der Waals surface area contributed by atoms with Crippen molar-refractivity contribution >= 4 is 29.1 Å². The zero-order chi connectivity index (χ0) is 24.4. The Bertz CT molecular complexity index is 1310. The van der Waals surface area contributed by atoms with Crippen LogP contribution < -0.4 is 25.0 Å². The summed E-state index contributed by atoms with van der Waals surface area (Å²) in [5.41, 5.74) is 3.41. The molecule has 3 aromatic carbocycles. The lowest BCUT2D eigenvalue weighted by atomic mass is 10.1. The molecule has 1 saturated heterocycles. The lowest BCUT2D eigenvalue weighted by Crippen LogP contribution is -2.29. The molecule has 2 N–H and O–H groups in total. The van der Waals surface area contributed by atoms with Gasteiger partial charge < -0.3 is 25.0 Å². The second-order valence-corrected chi connectivity index (χ2v) is 8.60. The van der Waals surface area contributed by atoms with Gasteiger partial charge in [-0.3, -0.25) is 14.4 Å². The minimum Gasteiger partial charge on any atom is -0.454 e. The van der Waals surface area contributed by atoms with E-state index < -0.39 is 5.92 Å². The number of hydrogen-bond acceptors (Lipinski definition) is 5. The van der Waals surface area contributed by atoms with Crippen LogP contribution in [0.1, 0.15) is 27.9 Å². The summed E-state index contributed by atoms with van der Waals surface area (Å²) in [7, 11) is 0. The Balaban J connectivity index is 1.24. The van der Waals surface area contributed by atoms with Gasteiger partial charge in [-0.15, -0.1) is 0 Å². The van der Waals surface area contributed by atoms with Gasteiger partial charge in [0.15, 0.2) is 11.5 Å². The quantitative estimate of drug-likeness (QED) is 0.572. The fourth-order valence-corrected chi connectivity index (χ4v) is 4.34. The van der Waals surface area contributed by atoms with Crippen molar-refractivity contribution in [1.29, 1.82) is 0 Å². The zero-order valence-corrected chi connectivity index (χ0v) is 19.2. The van der Waals surface area contributed by atoms with Gasteiger partial charge in [-0.1, -0.05) is 36.4 Å². The molecule has 5 rings (SSSR count). The van der Waals surface area contributed by atoms with E-state index in [-0.39, 0.29) is 30.9 Å². The molecular formula is C27H25N3O5. The fourth-order valence-electron chi connectivity index (χ4n) is 4.34. The average molecular weight is 472 g/mol. The Morgan fingerprint density at radius 1 is 1.00 bits per heavy atom. The number of amides is 3. The number of para-hydroxylation sites is 2. The maximum Gasteiger partial charge on any atom is 0.253 e. The maximum atomic E-state index is 13.0. The summed E-state index contributed by atoms with van der Waals surface area (Å²) in [5.74, 6) is 0.129. The number of nitrogens with zero attached hydrogens (tertiary/aromatic N) is 1. The van der Waals surface area contributed by atoms with E-state index in [4.69, 9.17) is 9.47 Å². The van der Waals surface area contributed by atoms with Crippen LogP contribution in [0.3, 0.4) is 0 Å². The van der Waals surface area contributed by atoms with E-state index in [1.165, 1.54) is 0 Å². The van der Waals surface area contributed by atoms with Crippen molar-refractivity contribution in [2.45, 2.75) is 19.9 Å². The number of anilines is 2. The molecule has 2 heterocycles. The van der Waals surface area contributed by atoms with Gasteiger partial charge in [0, 0.05) is 25.2 Å². The molecule has 0 spiro atoms. The number of carbonyl (C=O) groups excluding carboxylic acids is 3. The third-order valence-corrected chi connectivity index (χ3v) is 6.22. The third-order valence-electron chi connectivity index (χ3n) is 6.22. The lowest BCUT2D eigenvalue weighted by molar-refractivity contribution is -0.122. The van der Waals surface area contributed by atoms with Crippen molar-refractivity contribution in [2.24, 2.45) is 5.92 Å². The number of nitrogens with one attached hydrogen (secondary N) is 2. The molecule has 2 aliphatic heterocycles. The van der Waals surface area contributed by atoms with Crippen molar-refractivity contribution < 1.29 is 23.9 Å². The van der Waals surface area contributed by atoms with Gasteiger partial charge >= 0.3 is 0 Å². The highest BCUT2D eigenvalue weighted by Crippen LogP contribution is 2.32. The molecule has 0 radical (unpaired) electrons.